The van der Waals surface area contributed by atoms with Crippen molar-refractivity contribution in [1.82, 2.24) is 4.98 Å². The Labute approximate surface area is 116 Å². The minimum atomic E-state index is -0.403. The van der Waals surface area contributed by atoms with E-state index in [9.17, 15) is 10.1 Å². The summed E-state index contributed by atoms with van der Waals surface area (Å²) in [6.07, 6.45) is 1.61. The van der Waals surface area contributed by atoms with Crippen LogP contribution in [0.3, 0.4) is 0 Å². The fraction of sp³-hybridized carbons (Fsp3) is 0.250. The monoisotopic (exact) mass is 282 g/mol. The number of benzene rings is 1. The van der Waals surface area contributed by atoms with Crippen LogP contribution in [0.1, 0.15) is 6.92 Å². The molecule has 2 aromatic rings. The largest absolute Gasteiger partial charge is 0.382 e. The Morgan fingerprint density at radius 1 is 1.47 bits per heavy atom. The first kappa shape index (κ1) is 15.1. The number of pyridine rings is 1. The van der Waals surface area contributed by atoms with Crippen LogP contribution in [-0.2, 0) is 0 Å². The summed E-state index contributed by atoms with van der Waals surface area (Å²) in [4.78, 5) is 14.7. The highest BCUT2D eigenvalue weighted by Gasteiger charge is 2.14. The summed E-state index contributed by atoms with van der Waals surface area (Å²) < 4.78 is 0. The lowest BCUT2D eigenvalue weighted by atomic mass is 10.1. The highest BCUT2D eigenvalue weighted by atomic mass is 35.5. The highest BCUT2D eigenvalue weighted by molar-refractivity contribution is 5.96. The van der Waals surface area contributed by atoms with E-state index in [1.807, 2.05) is 6.92 Å². The second-order valence-corrected chi connectivity index (χ2v) is 4.15. The molecule has 1 aromatic heterocycles. The van der Waals surface area contributed by atoms with Crippen molar-refractivity contribution in [2.45, 2.75) is 13.0 Å². The van der Waals surface area contributed by atoms with Crippen molar-refractivity contribution >= 4 is 34.7 Å². The summed E-state index contributed by atoms with van der Waals surface area (Å²) >= 11 is 0. The van der Waals surface area contributed by atoms with Crippen molar-refractivity contribution in [3.63, 3.8) is 0 Å². The summed E-state index contributed by atoms with van der Waals surface area (Å²) in [5.41, 5.74) is 7.08. The van der Waals surface area contributed by atoms with E-state index < -0.39 is 4.92 Å². The van der Waals surface area contributed by atoms with Crippen LogP contribution < -0.4 is 11.1 Å². The van der Waals surface area contributed by atoms with Gasteiger partial charge in [-0.1, -0.05) is 0 Å². The third-order valence-electron chi connectivity index (χ3n) is 2.56. The second-order valence-electron chi connectivity index (χ2n) is 4.15. The van der Waals surface area contributed by atoms with Crippen LogP contribution >= 0.6 is 12.4 Å². The van der Waals surface area contributed by atoms with Gasteiger partial charge in [0.15, 0.2) is 0 Å². The van der Waals surface area contributed by atoms with E-state index in [-0.39, 0.29) is 24.1 Å². The maximum absolute atomic E-state index is 10.9. The topological polar surface area (TPSA) is 94.1 Å². The lowest BCUT2D eigenvalue weighted by Crippen LogP contribution is -2.25. The van der Waals surface area contributed by atoms with Gasteiger partial charge in [0.2, 0.25) is 0 Å². The Morgan fingerprint density at radius 3 is 2.84 bits per heavy atom. The van der Waals surface area contributed by atoms with Gasteiger partial charge in [-0.2, -0.15) is 0 Å². The molecule has 0 amide bonds. The van der Waals surface area contributed by atoms with Crippen molar-refractivity contribution in [2.75, 3.05) is 11.9 Å². The lowest BCUT2D eigenvalue weighted by molar-refractivity contribution is -0.383. The van der Waals surface area contributed by atoms with Crippen LogP contribution in [0.5, 0.6) is 0 Å². The number of nitro benzene ring substituents is 1. The Hall–Kier alpha value is -1.92. The molecule has 0 radical (unpaired) electrons. The van der Waals surface area contributed by atoms with Gasteiger partial charge in [-0.3, -0.25) is 15.1 Å². The van der Waals surface area contributed by atoms with E-state index >= 15 is 0 Å². The van der Waals surface area contributed by atoms with Crippen molar-refractivity contribution < 1.29 is 4.92 Å². The summed E-state index contributed by atoms with van der Waals surface area (Å²) in [7, 11) is 0. The van der Waals surface area contributed by atoms with Gasteiger partial charge in [0.05, 0.1) is 16.0 Å². The molecule has 7 heteroatoms. The number of hydrogen-bond donors (Lipinski definition) is 2. The highest BCUT2D eigenvalue weighted by Crippen LogP contribution is 2.29. The van der Waals surface area contributed by atoms with E-state index in [1.54, 1.807) is 24.4 Å². The molecule has 0 aliphatic carbocycles. The predicted molar refractivity (Wildman–Crippen MR) is 77.8 cm³/mol. The molecule has 1 heterocycles. The average Bonchev–Trinajstić information content (AvgIpc) is 2.35. The standard InChI is InChI=1S/C12H14N4O2.ClH/c1-8(13)7-15-10-4-5-11(16(17)18)9-3-2-6-14-12(9)10;/h2-6,8,15H,7,13H2,1H3;1H. The molecule has 1 atom stereocenters. The molecule has 0 bridgehead atoms. The summed E-state index contributed by atoms with van der Waals surface area (Å²) in [5.74, 6) is 0. The molecule has 0 spiro atoms. The molecular weight excluding hydrogens is 268 g/mol. The number of fused-ring (bicyclic) bond motifs is 1. The van der Waals surface area contributed by atoms with Gasteiger partial charge in [0, 0.05) is 24.8 Å². The fourth-order valence-corrected chi connectivity index (χ4v) is 1.73. The lowest BCUT2D eigenvalue weighted by Gasteiger charge is -2.11. The normalized spacial score (nSPS) is 11.7. The number of rotatable bonds is 4. The first-order chi connectivity index (χ1) is 8.59. The number of hydrogen-bond acceptors (Lipinski definition) is 5. The quantitative estimate of drug-likeness (QED) is 0.663. The van der Waals surface area contributed by atoms with Crippen LogP contribution in [-0.4, -0.2) is 22.5 Å². The molecule has 0 saturated heterocycles. The number of non-ortho nitro benzene ring substituents is 1. The number of nitrogens with zero attached hydrogens (tertiary/aromatic N) is 2. The number of nitro groups is 1. The molecule has 0 saturated carbocycles. The van der Waals surface area contributed by atoms with Crippen molar-refractivity contribution in [1.29, 1.82) is 0 Å². The zero-order valence-corrected chi connectivity index (χ0v) is 11.2. The fourth-order valence-electron chi connectivity index (χ4n) is 1.73. The molecule has 102 valence electrons. The Balaban J connectivity index is 0.00000180. The van der Waals surface area contributed by atoms with Gasteiger partial charge in [0.1, 0.15) is 5.52 Å². The number of anilines is 1. The van der Waals surface area contributed by atoms with Crippen LogP contribution in [0.25, 0.3) is 10.9 Å². The number of halogens is 1. The second kappa shape index (κ2) is 6.31. The molecule has 0 fully saturated rings. The first-order valence-corrected chi connectivity index (χ1v) is 5.61. The van der Waals surface area contributed by atoms with E-state index in [2.05, 4.69) is 10.3 Å². The SMILES string of the molecule is CC(N)CNc1ccc([N+](=O)[O-])c2cccnc12.Cl. The van der Waals surface area contributed by atoms with E-state index in [0.29, 0.717) is 17.4 Å². The van der Waals surface area contributed by atoms with Crippen molar-refractivity contribution in [3.8, 4) is 0 Å². The maximum atomic E-state index is 10.9. The molecule has 0 aliphatic heterocycles. The smallest absolute Gasteiger partial charge is 0.278 e. The Bertz CT molecular complexity index is 589. The molecule has 1 unspecified atom stereocenters. The van der Waals surface area contributed by atoms with Crippen LogP contribution in [0, 0.1) is 10.1 Å². The van der Waals surface area contributed by atoms with Crippen molar-refractivity contribution in [2.24, 2.45) is 5.73 Å². The molecule has 3 N–H and O–H groups in total. The van der Waals surface area contributed by atoms with Gasteiger partial charge in [-0.05, 0) is 25.1 Å². The molecular formula is C12H15ClN4O2. The first-order valence-electron chi connectivity index (χ1n) is 5.61. The minimum absolute atomic E-state index is 0. The summed E-state index contributed by atoms with van der Waals surface area (Å²) in [6.45, 7) is 2.47. The average molecular weight is 283 g/mol. The summed E-state index contributed by atoms with van der Waals surface area (Å²) in [6, 6.07) is 6.52. The van der Waals surface area contributed by atoms with Gasteiger partial charge in [0.25, 0.3) is 5.69 Å². The zero-order valence-electron chi connectivity index (χ0n) is 10.4. The van der Waals surface area contributed by atoms with E-state index in [1.165, 1.54) is 6.07 Å². The van der Waals surface area contributed by atoms with Gasteiger partial charge < -0.3 is 11.1 Å². The maximum Gasteiger partial charge on any atom is 0.278 e. The van der Waals surface area contributed by atoms with Crippen LogP contribution in [0.2, 0.25) is 0 Å². The van der Waals surface area contributed by atoms with E-state index in [0.717, 1.165) is 5.69 Å². The molecule has 1 aromatic carbocycles. The van der Waals surface area contributed by atoms with Gasteiger partial charge in [-0.15, -0.1) is 12.4 Å². The van der Waals surface area contributed by atoms with Crippen molar-refractivity contribution in [3.05, 3.63) is 40.6 Å². The Morgan fingerprint density at radius 2 is 2.21 bits per heavy atom. The van der Waals surface area contributed by atoms with Gasteiger partial charge >= 0.3 is 0 Å². The third kappa shape index (κ3) is 3.30. The summed E-state index contributed by atoms with van der Waals surface area (Å²) in [5, 5.41) is 14.6. The van der Waals surface area contributed by atoms with Gasteiger partial charge in [-0.25, -0.2) is 0 Å². The predicted octanol–water partition coefficient (Wildman–Crippen LogP) is 2.32. The van der Waals surface area contributed by atoms with E-state index in [4.69, 9.17) is 5.73 Å². The number of aromatic nitrogens is 1. The zero-order chi connectivity index (χ0) is 13.1. The van der Waals surface area contributed by atoms with Crippen LogP contribution in [0.15, 0.2) is 30.5 Å². The molecule has 6 nitrogen and oxygen atoms in total. The Kier molecular flexibility index (Phi) is 5.02. The number of nitrogens with one attached hydrogen (secondary N) is 1. The molecule has 0 aliphatic rings. The molecule has 19 heavy (non-hydrogen) atoms. The minimum Gasteiger partial charge on any atom is -0.382 e. The number of nitrogens with two attached hydrogens (primary N) is 1. The third-order valence-corrected chi connectivity index (χ3v) is 2.56. The van der Waals surface area contributed by atoms with Crippen LogP contribution in [0.4, 0.5) is 11.4 Å². The molecule has 2 rings (SSSR count).